The summed E-state index contributed by atoms with van der Waals surface area (Å²) in [5.41, 5.74) is 6.44. The molecule has 0 aliphatic carbocycles. The van der Waals surface area contributed by atoms with Gasteiger partial charge in [-0.3, -0.25) is 4.79 Å². The number of hydrogen-bond acceptors (Lipinski definition) is 4. The predicted molar refractivity (Wildman–Crippen MR) is 94.8 cm³/mol. The SMILES string of the molecule is COc1ccc(CCCNC(=O)N2CCC(C(N)=O)CC2)cc1OC. The Morgan fingerprint density at radius 3 is 2.48 bits per heavy atom. The Balaban J connectivity index is 1.71. The number of hydrogen-bond donors (Lipinski definition) is 2. The van der Waals surface area contributed by atoms with E-state index in [0.29, 0.717) is 44.0 Å². The molecule has 138 valence electrons. The van der Waals surface area contributed by atoms with Gasteiger partial charge in [-0.1, -0.05) is 6.07 Å². The van der Waals surface area contributed by atoms with E-state index >= 15 is 0 Å². The van der Waals surface area contributed by atoms with Gasteiger partial charge < -0.3 is 25.4 Å². The lowest BCUT2D eigenvalue weighted by Gasteiger charge is -2.30. The Kier molecular flexibility index (Phi) is 6.91. The Morgan fingerprint density at radius 2 is 1.88 bits per heavy atom. The second kappa shape index (κ2) is 9.15. The largest absolute Gasteiger partial charge is 0.493 e. The number of primary amides is 1. The smallest absolute Gasteiger partial charge is 0.317 e. The quantitative estimate of drug-likeness (QED) is 0.730. The van der Waals surface area contributed by atoms with Crippen LogP contribution in [0.3, 0.4) is 0 Å². The number of nitrogens with two attached hydrogens (primary N) is 1. The normalized spacial score (nSPS) is 14.9. The number of urea groups is 1. The van der Waals surface area contributed by atoms with E-state index in [1.165, 1.54) is 0 Å². The summed E-state index contributed by atoms with van der Waals surface area (Å²) in [4.78, 5) is 25.0. The van der Waals surface area contributed by atoms with E-state index in [-0.39, 0.29) is 17.9 Å². The van der Waals surface area contributed by atoms with Crippen molar-refractivity contribution in [3.05, 3.63) is 23.8 Å². The van der Waals surface area contributed by atoms with Gasteiger partial charge in [0.1, 0.15) is 0 Å². The van der Waals surface area contributed by atoms with E-state index in [2.05, 4.69) is 5.32 Å². The highest BCUT2D eigenvalue weighted by Gasteiger charge is 2.25. The van der Waals surface area contributed by atoms with Gasteiger partial charge in [-0.05, 0) is 43.4 Å². The molecule has 0 radical (unpaired) electrons. The number of likely N-dealkylation sites (tertiary alicyclic amines) is 1. The first-order valence-electron chi connectivity index (χ1n) is 8.58. The average molecular weight is 349 g/mol. The molecule has 1 aliphatic heterocycles. The maximum Gasteiger partial charge on any atom is 0.317 e. The number of carbonyl (C=O) groups is 2. The molecular weight excluding hydrogens is 322 g/mol. The highest BCUT2D eigenvalue weighted by molar-refractivity contribution is 5.78. The Labute approximate surface area is 148 Å². The van der Waals surface area contributed by atoms with Crippen LogP contribution in [0.1, 0.15) is 24.8 Å². The van der Waals surface area contributed by atoms with E-state index < -0.39 is 0 Å². The molecule has 7 nitrogen and oxygen atoms in total. The van der Waals surface area contributed by atoms with Gasteiger partial charge in [0.05, 0.1) is 14.2 Å². The molecule has 1 fully saturated rings. The lowest BCUT2D eigenvalue weighted by atomic mass is 9.96. The summed E-state index contributed by atoms with van der Waals surface area (Å²) in [6.45, 7) is 1.76. The summed E-state index contributed by atoms with van der Waals surface area (Å²) >= 11 is 0. The van der Waals surface area contributed by atoms with E-state index in [9.17, 15) is 9.59 Å². The van der Waals surface area contributed by atoms with Crippen molar-refractivity contribution >= 4 is 11.9 Å². The molecule has 0 atom stereocenters. The fourth-order valence-corrected chi connectivity index (χ4v) is 3.00. The Morgan fingerprint density at radius 1 is 1.20 bits per heavy atom. The molecule has 1 saturated heterocycles. The maximum absolute atomic E-state index is 12.1. The highest BCUT2D eigenvalue weighted by atomic mass is 16.5. The first-order chi connectivity index (χ1) is 12.0. The van der Waals surface area contributed by atoms with Gasteiger partial charge in [0.2, 0.25) is 5.91 Å². The van der Waals surface area contributed by atoms with Crippen LogP contribution in [0.5, 0.6) is 11.5 Å². The fourth-order valence-electron chi connectivity index (χ4n) is 3.00. The number of methoxy groups -OCH3 is 2. The Bertz CT molecular complexity index is 598. The van der Waals surface area contributed by atoms with Crippen molar-refractivity contribution in [2.75, 3.05) is 33.9 Å². The number of piperidine rings is 1. The number of nitrogens with zero attached hydrogens (tertiary/aromatic N) is 1. The molecule has 2 rings (SSSR count). The van der Waals surface area contributed by atoms with Crippen molar-refractivity contribution in [1.29, 1.82) is 0 Å². The second-order valence-corrected chi connectivity index (χ2v) is 6.19. The predicted octanol–water partition coefficient (Wildman–Crippen LogP) is 1.54. The molecule has 1 aromatic carbocycles. The number of nitrogens with one attached hydrogen (secondary N) is 1. The number of aryl methyl sites for hydroxylation is 1. The molecule has 7 heteroatoms. The van der Waals surface area contributed by atoms with Crippen LogP contribution in [0.25, 0.3) is 0 Å². The van der Waals surface area contributed by atoms with Gasteiger partial charge in [0.25, 0.3) is 0 Å². The van der Waals surface area contributed by atoms with Crippen LogP contribution < -0.4 is 20.5 Å². The van der Waals surface area contributed by atoms with Crippen LogP contribution in [0.4, 0.5) is 4.79 Å². The van der Waals surface area contributed by atoms with Crippen molar-refractivity contribution in [3.8, 4) is 11.5 Å². The zero-order valence-corrected chi connectivity index (χ0v) is 14.9. The summed E-state index contributed by atoms with van der Waals surface area (Å²) in [5.74, 6) is 1.05. The van der Waals surface area contributed by atoms with Crippen molar-refractivity contribution < 1.29 is 19.1 Å². The summed E-state index contributed by atoms with van der Waals surface area (Å²) < 4.78 is 10.5. The van der Waals surface area contributed by atoms with Crippen LogP contribution in [0.2, 0.25) is 0 Å². The first-order valence-corrected chi connectivity index (χ1v) is 8.58. The molecule has 0 saturated carbocycles. The molecule has 0 spiro atoms. The average Bonchev–Trinajstić information content (AvgIpc) is 2.64. The monoisotopic (exact) mass is 349 g/mol. The third-order valence-corrected chi connectivity index (χ3v) is 4.55. The van der Waals surface area contributed by atoms with Crippen LogP contribution in [0, 0.1) is 5.92 Å². The molecule has 25 heavy (non-hydrogen) atoms. The highest BCUT2D eigenvalue weighted by Crippen LogP contribution is 2.27. The molecule has 0 unspecified atom stereocenters. The van der Waals surface area contributed by atoms with Gasteiger partial charge in [0, 0.05) is 25.6 Å². The number of ether oxygens (including phenoxy) is 2. The van der Waals surface area contributed by atoms with Crippen LogP contribution in [-0.2, 0) is 11.2 Å². The van der Waals surface area contributed by atoms with E-state index in [4.69, 9.17) is 15.2 Å². The van der Waals surface area contributed by atoms with Gasteiger partial charge in [-0.2, -0.15) is 0 Å². The van der Waals surface area contributed by atoms with Gasteiger partial charge >= 0.3 is 6.03 Å². The summed E-state index contributed by atoms with van der Waals surface area (Å²) in [6, 6.07) is 5.76. The van der Waals surface area contributed by atoms with Crippen molar-refractivity contribution in [3.63, 3.8) is 0 Å². The van der Waals surface area contributed by atoms with Crippen molar-refractivity contribution in [2.24, 2.45) is 11.7 Å². The van der Waals surface area contributed by atoms with Gasteiger partial charge in [-0.25, -0.2) is 4.79 Å². The minimum atomic E-state index is -0.269. The number of amides is 3. The third-order valence-electron chi connectivity index (χ3n) is 4.55. The first kappa shape index (κ1) is 18.9. The topological polar surface area (TPSA) is 93.9 Å². The minimum absolute atomic E-state index is 0.0739. The summed E-state index contributed by atoms with van der Waals surface area (Å²) in [7, 11) is 3.22. The molecular formula is C18H27N3O4. The summed E-state index contributed by atoms with van der Waals surface area (Å²) in [6.07, 6.45) is 2.96. The zero-order chi connectivity index (χ0) is 18.2. The van der Waals surface area contributed by atoms with Crippen LogP contribution >= 0.6 is 0 Å². The third kappa shape index (κ3) is 5.27. The zero-order valence-electron chi connectivity index (χ0n) is 14.9. The molecule has 1 aliphatic rings. The van der Waals surface area contributed by atoms with Gasteiger partial charge in [0.15, 0.2) is 11.5 Å². The standard InChI is InChI=1S/C18H27N3O4/c1-24-15-6-5-13(12-16(15)25-2)4-3-9-20-18(23)21-10-7-14(8-11-21)17(19)22/h5-6,12,14H,3-4,7-11H2,1-2H3,(H2,19,22)(H,20,23). The van der Waals surface area contributed by atoms with Crippen LogP contribution in [0.15, 0.2) is 18.2 Å². The lowest BCUT2D eigenvalue weighted by molar-refractivity contribution is -0.123. The van der Waals surface area contributed by atoms with Crippen molar-refractivity contribution in [2.45, 2.75) is 25.7 Å². The summed E-state index contributed by atoms with van der Waals surface area (Å²) in [5, 5.41) is 2.93. The number of rotatable bonds is 7. The van der Waals surface area contributed by atoms with E-state index in [1.807, 2.05) is 18.2 Å². The number of benzene rings is 1. The molecule has 1 heterocycles. The maximum atomic E-state index is 12.1. The van der Waals surface area contributed by atoms with E-state index in [1.54, 1.807) is 19.1 Å². The van der Waals surface area contributed by atoms with Crippen molar-refractivity contribution in [1.82, 2.24) is 10.2 Å². The molecule has 1 aromatic rings. The molecule has 3 N–H and O–H groups in total. The Hall–Kier alpha value is -2.44. The van der Waals surface area contributed by atoms with Gasteiger partial charge in [-0.15, -0.1) is 0 Å². The molecule has 0 aromatic heterocycles. The minimum Gasteiger partial charge on any atom is -0.493 e. The second-order valence-electron chi connectivity index (χ2n) is 6.19. The number of carbonyl (C=O) groups excluding carboxylic acids is 2. The fraction of sp³-hybridized carbons (Fsp3) is 0.556. The van der Waals surface area contributed by atoms with E-state index in [0.717, 1.165) is 18.4 Å². The molecule has 3 amide bonds. The lowest BCUT2D eigenvalue weighted by Crippen LogP contribution is -2.46. The molecule has 0 bridgehead atoms. The van der Waals surface area contributed by atoms with Crippen LogP contribution in [-0.4, -0.2) is 50.7 Å².